The Balaban J connectivity index is 1.64. The average molecular weight is 315 g/mol. The summed E-state index contributed by atoms with van der Waals surface area (Å²) in [6.07, 6.45) is 4.23. The Bertz CT molecular complexity index is 658. The van der Waals surface area contributed by atoms with Crippen LogP contribution in [0.2, 0.25) is 0 Å². The molecule has 7 heteroatoms. The van der Waals surface area contributed by atoms with E-state index in [2.05, 4.69) is 27.0 Å². The smallest absolute Gasteiger partial charge is 0.254 e. The lowest BCUT2D eigenvalue weighted by atomic mass is 10.2. The predicted octanol–water partition coefficient (Wildman–Crippen LogP) is 1.68. The molecule has 1 aliphatic rings. The molecular formula is C16H21N5O2. The Morgan fingerprint density at radius 3 is 2.65 bits per heavy atom. The van der Waals surface area contributed by atoms with E-state index < -0.39 is 0 Å². The summed E-state index contributed by atoms with van der Waals surface area (Å²) in [5.41, 5.74) is 0.689. The van der Waals surface area contributed by atoms with Crippen LogP contribution in [0.15, 0.2) is 28.9 Å². The number of carbonyl (C=O) groups excluding carboxylic acids is 1. The number of hydrogen-bond acceptors (Lipinski definition) is 6. The van der Waals surface area contributed by atoms with Crippen molar-refractivity contribution < 1.29 is 9.21 Å². The second-order valence-electron chi connectivity index (χ2n) is 5.75. The molecule has 0 radical (unpaired) electrons. The van der Waals surface area contributed by atoms with Gasteiger partial charge in [0.2, 0.25) is 11.8 Å². The van der Waals surface area contributed by atoms with Gasteiger partial charge in [0.1, 0.15) is 0 Å². The van der Waals surface area contributed by atoms with Crippen molar-refractivity contribution in [2.75, 3.05) is 26.2 Å². The van der Waals surface area contributed by atoms with E-state index >= 15 is 0 Å². The van der Waals surface area contributed by atoms with Crippen LogP contribution < -0.4 is 0 Å². The first-order valence-electron chi connectivity index (χ1n) is 7.88. The van der Waals surface area contributed by atoms with Gasteiger partial charge in [-0.25, -0.2) is 0 Å². The van der Waals surface area contributed by atoms with Gasteiger partial charge in [0, 0.05) is 51.1 Å². The highest BCUT2D eigenvalue weighted by atomic mass is 16.4. The molecule has 3 rings (SSSR count). The Hall–Kier alpha value is -2.28. The van der Waals surface area contributed by atoms with Crippen molar-refractivity contribution in [3.05, 3.63) is 41.9 Å². The molecule has 1 amide bonds. The standard InChI is InChI=1S/C16H21N5O2/c1-12(15-19-18-13(2)23-15)20-8-3-9-21(11-10-20)16(22)14-4-6-17-7-5-14/h4-7,12H,3,8-11H2,1-2H3. The second-order valence-corrected chi connectivity index (χ2v) is 5.75. The molecule has 0 bridgehead atoms. The average Bonchev–Trinajstić information content (AvgIpc) is 2.87. The van der Waals surface area contributed by atoms with Gasteiger partial charge in [-0.2, -0.15) is 0 Å². The molecule has 23 heavy (non-hydrogen) atoms. The molecule has 1 unspecified atom stereocenters. The summed E-state index contributed by atoms with van der Waals surface area (Å²) in [5, 5.41) is 8.00. The fourth-order valence-corrected chi connectivity index (χ4v) is 2.84. The summed E-state index contributed by atoms with van der Waals surface area (Å²) in [7, 11) is 0. The van der Waals surface area contributed by atoms with Crippen molar-refractivity contribution in [1.29, 1.82) is 0 Å². The number of aryl methyl sites for hydroxylation is 1. The Labute approximate surface area is 135 Å². The molecule has 0 aliphatic carbocycles. The highest BCUT2D eigenvalue weighted by Crippen LogP contribution is 2.21. The van der Waals surface area contributed by atoms with Crippen molar-refractivity contribution >= 4 is 5.91 Å². The lowest BCUT2D eigenvalue weighted by molar-refractivity contribution is 0.0757. The summed E-state index contributed by atoms with van der Waals surface area (Å²) in [4.78, 5) is 20.7. The molecule has 1 fully saturated rings. The largest absolute Gasteiger partial charge is 0.424 e. The molecule has 1 saturated heterocycles. The molecule has 1 aliphatic heterocycles. The molecule has 3 heterocycles. The van der Waals surface area contributed by atoms with E-state index in [1.807, 2.05) is 4.90 Å². The summed E-state index contributed by atoms with van der Waals surface area (Å²) in [6.45, 7) is 7.00. The zero-order valence-electron chi connectivity index (χ0n) is 13.5. The van der Waals surface area contributed by atoms with Gasteiger partial charge in [-0.1, -0.05) is 0 Å². The normalized spacial score (nSPS) is 17.7. The van der Waals surface area contributed by atoms with Crippen LogP contribution in [0, 0.1) is 6.92 Å². The van der Waals surface area contributed by atoms with Gasteiger partial charge in [-0.3, -0.25) is 14.7 Å². The fraction of sp³-hybridized carbons (Fsp3) is 0.500. The highest BCUT2D eigenvalue weighted by Gasteiger charge is 2.25. The van der Waals surface area contributed by atoms with E-state index in [1.165, 1.54) is 0 Å². The summed E-state index contributed by atoms with van der Waals surface area (Å²) in [6, 6.07) is 3.58. The van der Waals surface area contributed by atoms with Crippen LogP contribution in [0.4, 0.5) is 0 Å². The molecule has 7 nitrogen and oxygen atoms in total. The van der Waals surface area contributed by atoms with E-state index in [0.29, 0.717) is 23.9 Å². The third-order valence-electron chi connectivity index (χ3n) is 4.19. The van der Waals surface area contributed by atoms with Gasteiger partial charge < -0.3 is 9.32 Å². The van der Waals surface area contributed by atoms with E-state index in [9.17, 15) is 4.79 Å². The first-order chi connectivity index (χ1) is 11.1. The summed E-state index contributed by atoms with van der Waals surface area (Å²) in [5.74, 6) is 1.28. The third kappa shape index (κ3) is 3.56. The van der Waals surface area contributed by atoms with Gasteiger partial charge in [0.25, 0.3) is 5.91 Å². The maximum absolute atomic E-state index is 12.5. The quantitative estimate of drug-likeness (QED) is 0.858. The summed E-state index contributed by atoms with van der Waals surface area (Å²) >= 11 is 0. The number of nitrogens with zero attached hydrogens (tertiary/aromatic N) is 5. The van der Waals surface area contributed by atoms with Gasteiger partial charge in [0.15, 0.2) is 0 Å². The number of hydrogen-bond donors (Lipinski definition) is 0. The van der Waals surface area contributed by atoms with Crippen LogP contribution in [-0.4, -0.2) is 57.1 Å². The molecule has 122 valence electrons. The van der Waals surface area contributed by atoms with Gasteiger partial charge in [-0.05, 0) is 25.5 Å². The lowest BCUT2D eigenvalue weighted by Crippen LogP contribution is -2.36. The zero-order valence-corrected chi connectivity index (χ0v) is 13.5. The monoisotopic (exact) mass is 315 g/mol. The van der Waals surface area contributed by atoms with Gasteiger partial charge in [0.05, 0.1) is 6.04 Å². The fourth-order valence-electron chi connectivity index (χ4n) is 2.84. The first-order valence-corrected chi connectivity index (χ1v) is 7.88. The zero-order chi connectivity index (χ0) is 16.2. The van der Waals surface area contributed by atoms with E-state index in [1.54, 1.807) is 31.5 Å². The minimum Gasteiger partial charge on any atom is -0.424 e. The minimum absolute atomic E-state index is 0.0622. The SMILES string of the molecule is Cc1nnc(C(C)N2CCCN(C(=O)c3ccncc3)CC2)o1. The van der Waals surface area contributed by atoms with Crippen molar-refractivity contribution in [1.82, 2.24) is 25.0 Å². The van der Waals surface area contributed by atoms with Crippen LogP contribution in [0.25, 0.3) is 0 Å². The lowest BCUT2D eigenvalue weighted by Gasteiger charge is -2.25. The highest BCUT2D eigenvalue weighted by molar-refractivity contribution is 5.94. The maximum atomic E-state index is 12.5. The van der Waals surface area contributed by atoms with E-state index in [0.717, 1.165) is 26.1 Å². The second kappa shape index (κ2) is 6.87. The molecule has 2 aromatic heterocycles. The number of rotatable bonds is 3. The van der Waals surface area contributed by atoms with Gasteiger partial charge in [-0.15, -0.1) is 10.2 Å². The first kappa shape index (κ1) is 15.6. The Morgan fingerprint density at radius 1 is 1.17 bits per heavy atom. The Morgan fingerprint density at radius 2 is 1.96 bits per heavy atom. The van der Waals surface area contributed by atoms with Crippen molar-refractivity contribution in [3.8, 4) is 0 Å². The molecule has 0 aromatic carbocycles. The third-order valence-corrected chi connectivity index (χ3v) is 4.19. The van der Waals surface area contributed by atoms with E-state index in [4.69, 9.17) is 4.42 Å². The van der Waals surface area contributed by atoms with Crippen LogP contribution in [0.1, 0.15) is 41.5 Å². The van der Waals surface area contributed by atoms with Crippen molar-refractivity contribution in [2.45, 2.75) is 26.3 Å². The molecular weight excluding hydrogens is 294 g/mol. The van der Waals surface area contributed by atoms with Crippen molar-refractivity contribution in [3.63, 3.8) is 0 Å². The van der Waals surface area contributed by atoms with Crippen LogP contribution in [-0.2, 0) is 0 Å². The predicted molar refractivity (Wildman–Crippen MR) is 83.8 cm³/mol. The number of amides is 1. The number of pyridine rings is 1. The topological polar surface area (TPSA) is 75.4 Å². The molecule has 0 spiro atoms. The van der Waals surface area contributed by atoms with E-state index in [-0.39, 0.29) is 11.9 Å². The molecule has 0 saturated carbocycles. The maximum Gasteiger partial charge on any atom is 0.254 e. The Kier molecular flexibility index (Phi) is 4.66. The van der Waals surface area contributed by atoms with Crippen LogP contribution in [0.5, 0.6) is 0 Å². The van der Waals surface area contributed by atoms with Crippen LogP contribution in [0.3, 0.4) is 0 Å². The van der Waals surface area contributed by atoms with Gasteiger partial charge >= 0.3 is 0 Å². The van der Waals surface area contributed by atoms with Crippen LogP contribution >= 0.6 is 0 Å². The molecule has 2 aromatic rings. The number of aromatic nitrogens is 3. The summed E-state index contributed by atoms with van der Waals surface area (Å²) < 4.78 is 5.53. The molecule has 1 atom stereocenters. The number of carbonyl (C=O) groups is 1. The minimum atomic E-state index is 0.0622. The molecule has 0 N–H and O–H groups in total. The van der Waals surface area contributed by atoms with Crippen molar-refractivity contribution in [2.24, 2.45) is 0 Å².